The molecule has 1 aromatic rings. The first-order chi connectivity index (χ1) is 6.50. The van der Waals surface area contributed by atoms with Crippen LogP contribution in [0.2, 0.25) is 0 Å². The van der Waals surface area contributed by atoms with Gasteiger partial charge in [-0.1, -0.05) is 6.58 Å². The molecule has 14 heavy (non-hydrogen) atoms. The van der Waals surface area contributed by atoms with E-state index in [1.54, 1.807) is 17.3 Å². The van der Waals surface area contributed by atoms with E-state index in [4.69, 9.17) is 0 Å². The van der Waals surface area contributed by atoms with Crippen LogP contribution >= 0.6 is 0 Å². The maximum Gasteiger partial charge on any atom is 0.119 e. The van der Waals surface area contributed by atoms with Gasteiger partial charge in [0.1, 0.15) is 12.0 Å². The fraction of sp³-hybridized carbons (Fsp3) is 0.400. The van der Waals surface area contributed by atoms with Gasteiger partial charge in [-0.25, -0.2) is 0 Å². The molecule has 1 aromatic heterocycles. The Morgan fingerprint density at radius 2 is 2.07 bits per heavy atom. The molecule has 1 aliphatic rings. The van der Waals surface area contributed by atoms with Crippen LogP contribution in [0.1, 0.15) is 26.5 Å². The van der Waals surface area contributed by atoms with Crippen LogP contribution in [0.4, 0.5) is 0 Å². The van der Waals surface area contributed by atoms with E-state index in [0.717, 1.165) is 11.4 Å². The number of hydrogen-bond acceptors (Lipinski definition) is 3. The van der Waals surface area contributed by atoms with Gasteiger partial charge in [0.25, 0.3) is 0 Å². The fourth-order valence-electron chi connectivity index (χ4n) is 1.47. The number of fused-ring (bicyclic) bond motifs is 1. The van der Waals surface area contributed by atoms with Crippen LogP contribution < -0.4 is 0 Å². The van der Waals surface area contributed by atoms with Crippen molar-refractivity contribution in [2.24, 2.45) is 5.10 Å². The lowest BCUT2D eigenvalue weighted by Gasteiger charge is -2.36. The van der Waals surface area contributed by atoms with E-state index in [-0.39, 0.29) is 5.54 Å². The summed E-state index contributed by atoms with van der Waals surface area (Å²) in [6.45, 7) is 10.4. The zero-order chi connectivity index (χ0) is 10.3. The third kappa shape index (κ3) is 1.23. The zero-order valence-corrected chi connectivity index (χ0v) is 8.73. The number of rotatable bonds is 0. The molecule has 0 bridgehead atoms. The molecule has 2 rings (SSSR count). The quantitative estimate of drug-likeness (QED) is 0.624. The fourth-order valence-corrected chi connectivity index (χ4v) is 1.47. The first-order valence-corrected chi connectivity index (χ1v) is 4.57. The van der Waals surface area contributed by atoms with Crippen molar-refractivity contribution in [2.75, 3.05) is 0 Å². The topological polar surface area (TPSA) is 33.4 Å². The van der Waals surface area contributed by atoms with Crippen LogP contribution in [0.15, 0.2) is 23.9 Å². The van der Waals surface area contributed by atoms with Crippen molar-refractivity contribution in [2.45, 2.75) is 26.3 Å². The number of nitrogens with zero attached hydrogens (tertiary/aromatic N) is 4. The molecule has 0 unspecified atom stereocenters. The lowest BCUT2D eigenvalue weighted by atomic mass is 10.1. The van der Waals surface area contributed by atoms with Gasteiger partial charge in [0, 0.05) is 5.54 Å². The Hall–Kier alpha value is -1.58. The van der Waals surface area contributed by atoms with Gasteiger partial charge in [0.2, 0.25) is 0 Å². The molecule has 0 aliphatic carbocycles. The minimum Gasteiger partial charge on any atom is -0.324 e. The maximum atomic E-state index is 4.20. The molecule has 0 saturated carbocycles. The van der Waals surface area contributed by atoms with E-state index in [9.17, 15) is 0 Å². The molecular weight excluding hydrogens is 176 g/mol. The number of hydrogen-bond donors (Lipinski definition) is 0. The van der Waals surface area contributed by atoms with Crippen LogP contribution in [0, 0.1) is 0 Å². The molecule has 0 N–H and O–H groups in total. The predicted octanol–water partition coefficient (Wildman–Crippen LogP) is 1.76. The lowest BCUT2D eigenvalue weighted by molar-refractivity contribution is 0.326. The van der Waals surface area contributed by atoms with Gasteiger partial charge in [-0.15, -0.1) is 9.89 Å². The van der Waals surface area contributed by atoms with Gasteiger partial charge < -0.3 is 4.90 Å². The highest BCUT2D eigenvalue weighted by Crippen LogP contribution is 2.26. The van der Waals surface area contributed by atoms with Gasteiger partial charge in [0.15, 0.2) is 0 Å². The lowest BCUT2D eigenvalue weighted by Crippen LogP contribution is -2.40. The minimum atomic E-state index is -0.00387. The van der Waals surface area contributed by atoms with Gasteiger partial charge in [-0.2, -0.15) is 5.10 Å². The summed E-state index contributed by atoms with van der Waals surface area (Å²) in [4.78, 5) is 3.63. The summed E-state index contributed by atoms with van der Waals surface area (Å²) in [6, 6.07) is 1.91. The van der Waals surface area contributed by atoms with E-state index in [1.807, 2.05) is 11.0 Å². The highest BCUT2D eigenvalue weighted by Gasteiger charge is 2.26. The molecule has 0 amide bonds. The average molecular weight is 190 g/mol. The highest BCUT2D eigenvalue weighted by molar-refractivity contribution is 5.77. The van der Waals surface area contributed by atoms with E-state index in [0.29, 0.717) is 0 Å². The second kappa shape index (κ2) is 2.70. The number of aromatic nitrogens is 2. The molecule has 4 heteroatoms. The molecule has 0 saturated heterocycles. The monoisotopic (exact) mass is 190 g/mol. The zero-order valence-electron chi connectivity index (χ0n) is 8.73. The Morgan fingerprint density at radius 1 is 1.36 bits per heavy atom. The molecule has 0 aromatic carbocycles. The summed E-state index contributed by atoms with van der Waals surface area (Å²) < 4.78 is 0. The Labute approximate surface area is 83.5 Å². The van der Waals surface area contributed by atoms with Crippen LogP contribution in [0.5, 0.6) is 0 Å². The van der Waals surface area contributed by atoms with Crippen molar-refractivity contribution in [1.29, 1.82) is 0 Å². The van der Waals surface area contributed by atoms with Crippen molar-refractivity contribution in [3.63, 3.8) is 0 Å². The second-order valence-corrected chi connectivity index (χ2v) is 4.32. The molecule has 0 spiro atoms. The summed E-state index contributed by atoms with van der Waals surface area (Å²) in [7, 11) is 0. The van der Waals surface area contributed by atoms with Crippen LogP contribution in [-0.4, -0.2) is 26.7 Å². The average Bonchev–Trinajstić information content (AvgIpc) is 2.50. The largest absolute Gasteiger partial charge is 0.324 e. The smallest absolute Gasteiger partial charge is 0.119 e. The van der Waals surface area contributed by atoms with Crippen LogP contribution in [0.3, 0.4) is 0 Å². The van der Waals surface area contributed by atoms with Crippen LogP contribution in [0.25, 0.3) is 5.70 Å². The third-order valence-electron chi connectivity index (χ3n) is 2.21. The molecule has 2 heterocycles. The van der Waals surface area contributed by atoms with Gasteiger partial charge in [-0.05, 0) is 26.8 Å². The van der Waals surface area contributed by atoms with Gasteiger partial charge >= 0.3 is 0 Å². The van der Waals surface area contributed by atoms with Crippen molar-refractivity contribution in [1.82, 2.24) is 14.8 Å². The van der Waals surface area contributed by atoms with Gasteiger partial charge in [-0.3, -0.25) is 0 Å². The molecule has 0 atom stereocenters. The summed E-state index contributed by atoms with van der Waals surface area (Å²) in [6.07, 6.45) is 3.49. The summed E-state index contributed by atoms with van der Waals surface area (Å²) in [5.74, 6) is 0. The standard InChI is InChI=1S/C10H14N4/c1-8-9-5-6-11-14(9)12-7-13(8)10(2,3)4/h5-7H,1H2,2-4H3. The molecule has 0 radical (unpaired) electrons. The second-order valence-electron chi connectivity index (χ2n) is 4.32. The van der Waals surface area contributed by atoms with E-state index < -0.39 is 0 Å². The van der Waals surface area contributed by atoms with Crippen molar-refractivity contribution < 1.29 is 0 Å². The molecule has 4 nitrogen and oxygen atoms in total. The SMILES string of the molecule is C=C1c2ccnn2N=CN1C(C)(C)C. The summed E-state index contributed by atoms with van der Waals surface area (Å²) in [5.41, 5.74) is 1.88. The third-order valence-corrected chi connectivity index (χ3v) is 2.21. The Morgan fingerprint density at radius 3 is 2.71 bits per heavy atom. The first-order valence-electron chi connectivity index (χ1n) is 4.57. The van der Waals surface area contributed by atoms with Crippen LogP contribution in [-0.2, 0) is 0 Å². The predicted molar refractivity (Wildman–Crippen MR) is 56.7 cm³/mol. The molecule has 0 fully saturated rings. The molecule has 1 aliphatic heterocycles. The Balaban J connectivity index is 2.43. The molecular formula is C10H14N4. The van der Waals surface area contributed by atoms with Crippen molar-refractivity contribution in [3.8, 4) is 0 Å². The summed E-state index contributed by atoms with van der Waals surface area (Å²) >= 11 is 0. The van der Waals surface area contributed by atoms with E-state index in [2.05, 4.69) is 37.6 Å². The summed E-state index contributed by atoms with van der Waals surface area (Å²) in [5, 5.41) is 8.25. The highest BCUT2D eigenvalue weighted by atomic mass is 15.6. The first kappa shape index (κ1) is 8.99. The maximum absolute atomic E-state index is 4.20. The van der Waals surface area contributed by atoms with Crippen molar-refractivity contribution >= 4 is 12.0 Å². The minimum absolute atomic E-state index is 0.00387. The van der Waals surface area contributed by atoms with E-state index >= 15 is 0 Å². The van der Waals surface area contributed by atoms with Crippen molar-refractivity contribution in [3.05, 3.63) is 24.5 Å². The van der Waals surface area contributed by atoms with E-state index in [1.165, 1.54) is 0 Å². The molecule has 74 valence electrons. The Kier molecular flexibility index (Phi) is 1.74. The normalized spacial score (nSPS) is 15.9. The Bertz CT molecular complexity index is 394. The van der Waals surface area contributed by atoms with Gasteiger partial charge in [0.05, 0.1) is 11.9 Å².